The Balaban J connectivity index is 2.09. The van der Waals surface area contributed by atoms with Gasteiger partial charge < -0.3 is 15.0 Å². The number of rotatable bonds is 10. The van der Waals surface area contributed by atoms with Crippen LogP contribution < -0.4 is 10.1 Å². The Kier molecular flexibility index (Phi) is 9.35. The topological polar surface area (TPSA) is 58.6 Å². The monoisotopic (exact) mass is 434 g/mol. The molecule has 2 amide bonds. The molecule has 156 valence electrons. The van der Waals surface area contributed by atoms with Crippen LogP contribution in [-0.4, -0.2) is 42.7 Å². The molecule has 2 aromatic carbocycles. The van der Waals surface area contributed by atoms with E-state index in [0.29, 0.717) is 23.7 Å². The lowest BCUT2D eigenvalue weighted by Gasteiger charge is -2.30. The lowest BCUT2D eigenvalue weighted by molar-refractivity contribution is -0.139. The molecular formula is C22H27ClN2O3S. The first-order valence-electron chi connectivity index (χ1n) is 9.44. The number of carbonyl (C=O) groups excluding carboxylic acids is 2. The fourth-order valence-electron chi connectivity index (χ4n) is 2.98. The van der Waals surface area contributed by atoms with Crippen molar-refractivity contribution in [1.29, 1.82) is 0 Å². The lowest BCUT2D eigenvalue weighted by Crippen LogP contribution is -2.48. The summed E-state index contributed by atoms with van der Waals surface area (Å²) in [4.78, 5) is 27.0. The van der Waals surface area contributed by atoms with Crippen LogP contribution in [0.4, 0.5) is 0 Å². The molecule has 0 saturated heterocycles. The maximum absolute atomic E-state index is 13.0. The van der Waals surface area contributed by atoms with Gasteiger partial charge >= 0.3 is 0 Å². The fraction of sp³-hybridized carbons (Fsp3) is 0.364. The number of benzene rings is 2. The second-order valence-electron chi connectivity index (χ2n) is 6.53. The van der Waals surface area contributed by atoms with Crippen molar-refractivity contribution in [2.75, 3.05) is 19.9 Å². The molecule has 0 heterocycles. The number of methoxy groups -OCH3 is 1. The van der Waals surface area contributed by atoms with Gasteiger partial charge in [-0.3, -0.25) is 9.59 Å². The summed E-state index contributed by atoms with van der Waals surface area (Å²) in [6.07, 6.45) is 0.542. The molecule has 0 aliphatic carbocycles. The lowest BCUT2D eigenvalue weighted by atomic mass is 10.1. The number of carbonyl (C=O) groups is 2. The number of thioether (sulfide) groups is 1. The van der Waals surface area contributed by atoms with Crippen molar-refractivity contribution >= 4 is 35.2 Å². The average Bonchev–Trinajstić information content (AvgIpc) is 2.73. The van der Waals surface area contributed by atoms with E-state index in [4.69, 9.17) is 16.3 Å². The van der Waals surface area contributed by atoms with Crippen LogP contribution >= 0.6 is 23.4 Å². The quantitative estimate of drug-likeness (QED) is 0.610. The van der Waals surface area contributed by atoms with E-state index in [-0.39, 0.29) is 17.6 Å². The van der Waals surface area contributed by atoms with Gasteiger partial charge in [0.05, 0.1) is 12.9 Å². The summed E-state index contributed by atoms with van der Waals surface area (Å²) < 4.78 is 5.19. The van der Waals surface area contributed by atoms with E-state index in [1.165, 1.54) is 11.8 Å². The van der Waals surface area contributed by atoms with E-state index in [1.54, 1.807) is 19.1 Å². The Hall–Kier alpha value is -2.18. The van der Waals surface area contributed by atoms with Gasteiger partial charge in [-0.05, 0) is 41.8 Å². The molecular weight excluding hydrogens is 408 g/mol. The first-order chi connectivity index (χ1) is 14.0. The minimum Gasteiger partial charge on any atom is -0.497 e. The number of hydrogen-bond donors (Lipinski definition) is 1. The Morgan fingerprint density at radius 1 is 1.17 bits per heavy atom. The van der Waals surface area contributed by atoms with E-state index in [0.717, 1.165) is 16.9 Å². The number of amides is 2. The molecule has 0 aliphatic rings. The minimum atomic E-state index is -0.513. The van der Waals surface area contributed by atoms with Crippen molar-refractivity contribution in [3.63, 3.8) is 0 Å². The summed E-state index contributed by atoms with van der Waals surface area (Å²) in [5.41, 5.74) is 2.01. The number of hydrogen-bond acceptors (Lipinski definition) is 4. The molecule has 0 aromatic heterocycles. The molecule has 7 heteroatoms. The number of halogens is 1. The van der Waals surface area contributed by atoms with Gasteiger partial charge in [0.1, 0.15) is 11.8 Å². The Bertz CT molecular complexity index is 814. The van der Waals surface area contributed by atoms with E-state index < -0.39 is 6.04 Å². The van der Waals surface area contributed by atoms with Crippen molar-refractivity contribution in [1.82, 2.24) is 10.2 Å². The van der Waals surface area contributed by atoms with Gasteiger partial charge in [-0.1, -0.05) is 42.8 Å². The second kappa shape index (κ2) is 11.7. The van der Waals surface area contributed by atoms with Gasteiger partial charge in [0, 0.05) is 24.4 Å². The Labute approximate surface area is 181 Å². The third-order valence-corrected chi connectivity index (χ3v) is 5.75. The summed E-state index contributed by atoms with van der Waals surface area (Å²) in [6, 6.07) is 14.6. The summed E-state index contributed by atoms with van der Waals surface area (Å²) in [5.74, 6) is 1.50. The summed E-state index contributed by atoms with van der Waals surface area (Å²) in [5, 5.41) is 3.35. The number of likely N-dealkylation sites (N-methyl/N-ethyl adjacent to an activating group) is 1. The zero-order valence-electron chi connectivity index (χ0n) is 17.0. The molecule has 1 atom stereocenters. The zero-order valence-corrected chi connectivity index (χ0v) is 18.6. The molecule has 29 heavy (non-hydrogen) atoms. The molecule has 0 radical (unpaired) electrons. The summed E-state index contributed by atoms with van der Waals surface area (Å²) in [7, 11) is 3.20. The highest BCUT2D eigenvalue weighted by Crippen LogP contribution is 2.20. The zero-order chi connectivity index (χ0) is 21.2. The van der Waals surface area contributed by atoms with Crippen LogP contribution in [0, 0.1) is 0 Å². The molecule has 1 N–H and O–H groups in total. The van der Waals surface area contributed by atoms with E-state index in [1.807, 2.05) is 55.5 Å². The SMILES string of the molecule is CC[C@H](C(=O)NC)N(Cc1ccc(OC)cc1)C(=O)CSCc1cccc(Cl)c1. The van der Waals surface area contributed by atoms with Gasteiger partial charge in [-0.25, -0.2) is 0 Å². The molecule has 0 fully saturated rings. The number of nitrogens with one attached hydrogen (secondary N) is 1. The second-order valence-corrected chi connectivity index (χ2v) is 7.95. The van der Waals surface area contributed by atoms with Crippen molar-refractivity contribution in [3.8, 4) is 5.75 Å². The van der Waals surface area contributed by atoms with Crippen molar-refractivity contribution in [2.45, 2.75) is 31.7 Å². The molecule has 5 nitrogen and oxygen atoms in total. The van der Waals surface area contributed by atoms with E-state index in [9.17, 15) is 9.59 Å². The van der Waals surface area contributed by atoms with Crippen molar-refractivity contribution in [2.24, 2.45) is 0 Å². The number of nitrogens with zero attached hydrogens (tertiary/aromatic N) is 1. The van der Waals surface area contributed by atoms with Crippen molar-refractivity contribution in [3.05, 3.63) is 64.7 Å². The summed E-state index contributed by atoms with van der Waals surface area (Å²) >= 11 is 7.54. The van der Waals surface area contributed by atoms with Gasteiger partial charge in [-0.2, -0.15) is 0 Å². The van der Waals surface area contributed by atoms with Crippen LogP contribution in [0.1, 0.15) is 24.5 Å². The highest BCUT2D eigenvalue weighted by molar-refractivity contribution is 7.99. The molecule has 2 rings (SSSR count). The fourth-order valence-corrected chi connectivity index (χ4v) is 4.05. The molecule has 0 aliphatic heterocycles. The van der Waals surface area contributed by atoms with E-state index in [2.05, 4.69) is 5.32 Å². The molecule has 0 saturated carbocycles. The highest BCUT2D eigenvalue weighted by Gasteiger charge is 2.27. The molecule has 0 unspecified atom stereocenters. The smallest absolute Gasteiger partial charge is 0.242 e. The average molecular weight is 435 g/mol. The third-order valence-electron chi connectivity index (χ3n) is 4.53. The van der Waals surface area contributed by atoms with Gasteiger partial charge in [-0.15, -0.1) is 11.8 Å². The van der Waals surface area contributed by atoms with Crippen LogP contribution in [0.5, 0.6) is 5.75 Å². The van der Waals surface area contributed by atoms with Crippen molar-refractivity contribution < 1.29 is 14.3 Å². The third kappa shape index (κ3) is 6.98. The van der Waals surface area contributed by atoms with Crippen LogP contribution in [-0.2, 0) is 21.9 Å². The Morgan fingerprint density at radius 3 is 2.48 bits per heavy atom. The largest absolute Gasteiger partial charge is 0.497 e. The molecule has 0 bridgehead atoms. The predicted octanol–water partition coefficient (Wildman–Crippen LogP) is 4.14. The maximum atomic E-state index is 13.0. The molecule has 0 spiro atoms. The van der Waals surface area contributed by atoms with Crippen LogP contribution in [0.25, 0.3) is 0 Å². The van der Waals surface area contributed by atoms with E-state index >= 15 is 0 Å². The summed E-state index contributed by atoms with van der Waals surface area (Å²) in [6.45, 7) is 2.28. The predicted molar refractivity (Wildman–Crippen MR) is 119 cm³/mol. The minimum absolute atomic E-state index is 0.0664. The Morgan fingerprint density at radius 2 is 1.90 bits per heavy atom. The normalized spacial score (nSPS) is 11.6. The highest BCUT2D eigenvalue weighted by atomic mass is 35.5. The first-order valence-corrected chi connectivity index (χ1v) is 11.0. The van der Waals surface area contributed by atoms with Crippen LogP contribution in [0.15, 0.2) is 48.5 Å². The molecule has 2 aromatic rings. The standard InChI is InChI=1S/C22H27ClN2O3S/c1-4-20(22(27)24-2)25(13-16-8-10-19(28-3)11-9-16)21(26)15-29-14-17-6-5-7-18(23)12-17/h5-12,20H,4,13-15H2,1-3H3,(H,24,27)/t20-/m1/s1. The van der Waals surface area contributed by atoms with Crippen LogP contribution in [0.2, 0.25) is 5.02 Å². The number of ether oxygens (including phenoxy) is 1. The van der Waals surface area contributed by atoms with Gasteiger partial charge in [0.15, 0.2) is 0 Å². The van der Waals surface area contributed by atoms with Crippen LogP contribution in [0.3, 0.4) is 0 Å². The van der Waals surface area contributed by atoms with Gasteiger partial charge in [0.2, 0.25) is 11.8 Å². The van der Waals surface area contributed by atoms with Gasteiger partial charge in [0.25, 0.3) is 0 Å². The first kappa shape index (κ1) is 23.1. The maximum Gasteiger partial charge on any atom is 0.242 e.